The Hall–Kier alpha value is -1.33. The van der Waals surface area contributed by atoms with Crippen molar-refractivity contribution >= 4 is 5.91 Å². The third-order valence-electron chi connectivity index (χ3n) is 6.33. The Morgan fingerprint density at radius 3 is 2.96 bits per heavy atom. The number of nitrogens with zero attached hydrogens (tertiary/aromatic N) is 1. The maximum atomic E-state index is 12.9. The van der Waals surface area contributed by atoms with Crippen molar-refractivity contribution in [3.05, 3.63) is 23.7 Å². The highest BCUT2D eigenvalue weighted by Gasteiger charge is 2.47. The fourth-order valence-corrected chi connectivity index (χ4v) is 4.54. The Labute approximate surface area is 149 Å². The summed E-state index contributed by atoms with van der Waals surface area (Å²) in [6, 6.07) is 1.78. The zero-order chi connectivity index (χ0) is 17.3. The number of ether oxygens (including phenoxy) is 2. The minimum atomic E-state index is -0.0481. The van der Waals surface area contributed by atoms with Crippen LogP contribution in [0.3, 0.4) is 0 Å². The molecule has 1 aromatic rings. The number of hydrogen-bond acceptors (Lipinski definition) is 4. The van der Waals surface area contributed by atoms with E-state index in [-0.39, 0.29) is 17.4 Å². The van der Waals surface area contributed by atoms with Gasteiger partial charge in [0.15, 0.2) is 0 Å². The molecule has 0 spiro atoms. The summed E-state index contributed by atoms with van der Waals surface area (Å²) in [5.74, 6) is 1.52. The Kier molecular flexibility index (Phi) is 4.87. The van der Waals surface area contributed by atoms with Gasteiger partial charge in [0.2, 0.25) is 0 Å². The van der Waals surface area contributed by atoms with Crippen molar-refractivity contribution in [3.8, 4) is 0 Å². The molecule has 5 heteroatoms. The minimum absolute atomic E-state index is 0.0481. The molecule has 138 valence electrons. The van der Waals surface area contributed by atoms with E-state index in [1.165, 1.54) is 19.3 Å². The molecule has 5 nitrogen and oxygen atoms in total. The molecule has 3 aliphatic rings. The second kappa shape index (κ2) is 7.12. The standard InChI is InChI=1S/C20H29NO4/c1-15-17(7-11-24-15)19(22)21-9-6-18-20(13-21,8-3-10-25-18)14-23-12-16-4-2-5-16/h7,11,16,18H,2-6,8-10,12-14H2,1H3. The lowest BCUT2D eigenvalue weighted by Gasteiger charge is -2.50. The number of rotatable bonds is 5. The molecule has 1 amide bonds. The molecule has 25 heavy (non-hydrogen) atoms. The highest BCUT2D eigenvalue weighted by atomic mass is 16.5. The second-order valence-corrected chi connectivity index (χ2v) is 8.04. The van der Waals surface area contributed by atoms with Crippen LogP contribution < -0.4 is 0 Å². The summed E-state index contributed by atoms with van der Waals surface area (Å²) in [5, 5.41) is 0. The molecule has 2 atom stereocenters. The summed E-state index contributed by atoms with van der Waals surface area (Å²) in [4.78, 5) is 14.9. The van der Waals surface area contributed by atoms with Gasteiger partial charge in [0.25, 0.3) is 5.91 Å². The van der Waals surface area contributed by atoms with Gasteiger partial charge >= 0.3 is 0 Å². The van der Waals surface area contributed by atoms with Gasteiger partial charge < -0.3 is 18.8 Å². The van der Waals surface area contributed by atoms with Gasteiger partial charge in [0.1, 0.15) is 5.76 Å². The van der Waals surface area contributed by atoms with Crippen molar-refractivity contribution in [2.24, 2.45) is 11.3 Å². The first kappa shape index (κ1) is 17.1. The third kappa shape index (κ3) is 3.36. The van der Waals surface area contributed by atoms with Crippen molar-refractivity contribution < 1.29 is 18.7 Å². The van der Waals surface area contributed by atoms with E-state index in [1.807, 2.05) is 11.8 Å². The molecule has 3 fully saturated rings. The van der Waals surface area contributed by atoms with Gasteiger partial charge in [-0.15, -0.1) is 0 Å². The topological polar surface area (TPSA) is 51.9 Å². The quantitative estimate of drug-likeness (QED) is 0.819. The van der Waals surface area contributed by atoms with E-state index in [0.717, 1.165) is 51.5 Å². The highest BCUT2D eigenvalue weighted by molar-refractivity contribution is 5.95. The summed E-state index contributed by atoms with van der Waals surface area (Å²) in [7, 11) is 0. The predicted molar refractivity (Wildman–Crippen MR) is 93.5 cm³/mol. The number of carbonyl (C=O) groups is 1. The molecule has 4 rings (SSSR count). The summed E-state index contributed by atoms with van der Waals surface area (Å²) in [5.41, 5.74) is 0.633. The van der Waals surface area contributed by atoms with E-state index in [2.05, 4.69) is 0 Å². The minimum Gasteiger partial charge on any atom is -0.469 e. The van der Waals surface area contributed by atoms with E-state index in [4.69, 9.17) is 13.9 Å². The normalized spacial score (nSPS) is 30.0. The van der Waals surface area contributed by atoms with Gasteiger partial charge in [0, 0.05) is 31.7 Å². The highest BCUT2D eigenvalue weighted by Crippen LogP contribution is 2.41. The van der Waals surface area contributed by atoms with Gasteiger partial charge in [0.05, 0.1) is 24.5 Å². The molecule has 1 aliphatic carbocycles. The lowest BCUT2D eigenvalue weighted by molar-refractivity contribution is -0.150. The van der Waals surface area contributed by atoms with E-state index in [9.17, 15) is 4.79 Å². The zero-order valence-electron chi connectivity index (χ0n) is 15.2. The van der Waals surface area contributed by atoms with E-state index < -0.39 is 0 Å². The molecule has 0 bridgehead atoms. The van der Waals surface area contributed by atoms with Crippen LogP contribution in [0.2, 0.25) is 0 Å². The monoisotopic (exact) mass is 347 g/mol. The molecular formula is C20H29NO4. The first-order chi connectivity index (χ1) is 12.2. The molecule has 0 aromatic carbocycles. The van der Waals surface area contributed by atoms with Crippen molar-refractivity contribution in [2.45, 2.75) is 51.6 Å². The van der Waals surface area contributed by atoms with E-state index in [1.54, 1.807) is 12.3 Å². The van der Waals surface area contributed by atoms with Crippen LogP contribution in [0.15, 0.2) is 16.7 Å². The van der Waals surface area contributed by atoms with Crippen LogP contribution in [-0.4, -0.2) is 49.8 Å². The van der Waals surface area contributed by atoms with Crippen LogP contribution in [0, 0.1) is 18.3 Å². The maximum Gasteiger partial charge on any atom is 0.257 e. The fourth-order valence-electron chi connectivity index (χ4n) is 4.54. The van der Waals surface area contributed by atoms with Crippen LogP contribution in [-0.2, 0) is 9.47 Å². The number of carbonyl (C=O) groups excluding carboxylic acids is 1. The number of likely N-dealkylation sites (tertiary alicyclic amines) is 1. The van der Waals surface area contributed by atoms with Gasteiger partial charge in [-0.25, -0.2) is 0 Å². The van der Waals surface area contributed by atoms with Gasteiger partial charge in [-0.1, -0.05) is 6.42 Å². The number of aryl methyl sites for hydroxylation is 1. The Balaban J connectivity index is 1.45. The van der Waals surface area contributed by atoms with Crippen molar-refractivity contribution in [2.75, 3.05) is 32.9 Å². The summed E-state index contributed by atoms with van der Waals surface area (Å²) >= 11 is 0. The van der Waals surface area contributed by atoms with Crippen LogP contribution in [0.4, 0.5) is 0 Å². The lowest BCUT2D eigenvalue weighted by atomic mass is 9.72. The van der Waals surface area contributed by atoms with E-state index >= 15 is 0 Å². The Morgan fingerprint density at radius 1 is 1.36 bits per heavy atom. The van der Waals surface area contributed by atoms with Crippen molar-refractivity contribution in [1.29, 1.82) is 0 Å². The van der Waals surface area contributed by atoms with Crippen molar-refractivity contribution in [1.82, 2.24) is 4.90 Å². The summed E-state index contributed by atoms with van der Waals surface area (Å²) in [6.45, 7) is 5.74. The summed E-state index contributed by atoms with van der Waals surface area (Å²) < 4.78 is 17.6. The molecule has 1 saturated carbocycles. The molecule has 2 unspecified atom stereocenters. The van der Waals surface area contributed by atoms with Gasteiger partial charge in [-0.3, -0.25) is 4.79 Å². The number of furan rings is 1. The molecule has 1 aromatic heterocycles. The van der Waals surface area contributed by atoms with Gasteiger partial charge in [-0.2, -0.15) is 0 Å². The molecule has 0 radical (unpaired) electrons. The van der Waals surface area contributed by atoms with Gasteiger partial charge in [-0.05, 0) is 51.0 Å². The lowest BCUT2D eigenvalue weighted by Crippen LogP contribution is -2.58. The Morgan fingerprint density at radius 2 is 2.24 bits per heavy atom. The van der Waals surface area contributed by atoms with Crippen LogP contribution in [0.1, 0.15) is 54.6 Å². The average Bonchev–Trinajstić information content (AvgIpc) is 3.02. The smallest absolute Gasteiger partial charge is 0.257 e. The fraction of sp³-hybridized carbons (Fsp3) is 0.750. The number of piperidine rings is 1. The van der Waals surface area contributed by atoms with Crippen molar-refractivity contribution in [3.63, 3.8) is 0 Å². The number of amides is 1. The van der Waals surface area contributed by atoms with Crippen LogP contribution in [0.25, 0.3) is 0 Å². The maximum absolute atomic E-state index is 12.9. The summed E-state index contributed by atoms with van der Waals surface area (Å²) in [6.07, 6.45) is 8.79. The SMILES string of the molecule is Cc1occc1C(=O)N1CCC2OCCCC2(COCC2CCC2)C1. The second-order valence-electron chi connectivity index (χ2n) is 8.04. The largest absolute Gasteiger partial charge is 0.469 e. The molecule has 2 saturated heterocycles. The molecule has 3 heterocycles. The third-order valence-corrected chi connectivity index (χ3v) is 6.33. The van der Waals surface area contributed by atoms with Crippen LogP contribution >= 0.6 is 0 Å². The molecular weight excluding hydrogens is 318 g/mol. The first-order valence-electron chi connectivity index (χ1n) is 9.71. The number of hydrogen-bond donors (Lipinski definition) is 0. The zero-order valence-corrected chi connectivity index (χ0v) is 15.2. The molecule has 2 aliphatic heterocycles. The first-order valence-corrected chi connectivity index (χ1v) is 9.71. The predicted octanol–water partition coefficient (Wildman–Crippen LogP) is 3.42. The van der Waals surface area contributed by atoms with E-state index in [0.29, 0.717) is 17.9 Å². The molecule has 0 N–H and O–H groups in total. The van der Waals surface area contributed by atoms with Crippen LogP contribution in [0.5, 0.6) is 0 Å². The average molecular weight is 347 g/mol. The number of fused-ring (bicyclic) bond motifs is 1. The Bertz CT molecular complexity index is 609.